The Labute approximate surface area is 180 Å². The lowest BCUT2D eigenvalue weighted by atomic mass is 10.1. The van der Waals surface area contributed by atoms with Crippen LogP contribution in [-0.4, -0.2) is 51.1 Å². The van der Waals surface area contributed by atoms with E-state index in [-0.39, 0.29) is 18.1 Å². The quantitative estimate of drug-likeness (QED) is 0.633. The number of para-hydroxylation sites is 2. The Kier molecular flexibility index (Phi) is 6.59. The fourth-order valence-electron chi connectivity index (χ4n) is 3.94. The second-order valence-electron chi connectivity index (χ2n) is 7.55. The maximum atomic E-state index is 12.7. The van der Waals surface area contributed by atoms with E-state index < -0.39 is 0 Å². The fourth-order valence-corrected chi connectivity index (χ4v) is 4.92. The van der Waals surface area contributed by atoms with Gasteiger partial charge in [-0.2, -0.15) is 11.8 Å². The molecule has 6 nitrogen and oxygen atoms in total. The number of nitrogens with one attached hydrogen (secondary N) is 1. The molecule has 1 aliphatic rings. The molecule has 1 aromatic heterocycles. The highest BCUT2D eigenvalue weighted by Crippen LogP contribution is 2.15. The topological polar surface area (TPSA) is 59.3 Å². The molecule has 2 heterocycles. The van der Waals surface area contributed by atoms with Gasteiger partial charge in [-0.25, -0.2) is 4.79 Å². The van der Waals surface area contributed by atoms with Crippen LogP contribution >= 0.6 is 11.8 Å². The van der Waals surface area contributed by atoms with Gasteiger partial charge in [-0.15, -0.1) is 0 Å². The number of rotatable bonds is 7. The van der Waals surface area contributed by atoms with Crippen LogP contribution in [0, 0.1) is 0 Å². The SMILES string of the molecule is CCn1c(=O)n(CC(=O)Nc2ccc(CCN3CCSCC3)cc2)c2ccccc21. The monoisotopic (exact) mass is 424 g/mol. The summed E-state index contributed by atoms with van der Waals surface area (Å²) < 4.78 is 3.23. The number of amides is 1. The van der Waals surface area contributed by atoms with Crippen LogP contribution in [0.15, 0.2) is 53.3 Å². The fraction of sp³-hybridized carbons (Fsp3) is 0.391. The van der Waals surface area contributed by atoms with Crippen molar-refractivity contribution in [1.82, 2.24) is 14.0 Å². The molecule has 1 N–H and O–H groups in total. The number of fused-ring (bicyclic) bond motifs is 1. The van der Waals surface area contributed by atoms with Crippen LogP contribution in [0.3, 0.4) is 0 Å². The first kappa shape index (κ1) is 20.8. The van der Waals surface area contributed by atoms with Crippen molar-refractivity contribution >= 4 is 34.4 Å². The Morgan fingerprint density at radius 2 is 1.67 bits per heavy atom. The van der Waals surface area contributed by atoms with Gasteiger partial charge >= 0.3 is 5.69 Å². The zero-order valence-corrected chi connectivity index (χ0v) is 18.2. The maximum Gasteiger partial charge on any atom is 0.329 e. The van der Waals surface area contributed by atoms with Crippen molar-refractivity contribution < 1.29 is 4.79 Å². The number of thioether (sulfide) groups is 1. The van der Waals surface area contributed by atoms with Crippen molar-refractivity contribution in [3.63, 3.8) is 0 Å². The average molecular weight is 425 g/mol. The highest BCUT2D eigenvalue weighted by Gasteiger charge is 2.14. The molecular weight excluding hydrogens is 396 g/mol. The van der Waals surface area contributed by atoms with Gasteiger partial charge in [-0.1, -0.05) is 24.3 Å². The molecule has 0 atom stereocenters. The molecule has 0 saturated carbocycles. The predicted octanol–water partition coefficient (Wildman–Crippen LogP) is 3.05. The Morgan fingerprint density at radius 1 is 1.00 bits per heavy atom. The number of benzene rings is 2. The summed E-state index contributed by atoms with van der Waals surface area (Å²) >= 11 is 2.03. The zero-order chi connectivity index (χ0) is 20.9. The van der Waals surface area contributed by atoms with Crippen molar-refractivity contribution in [3.05, 3.63) is 64.6 Å². The highest BCUT2D eigenvalue weighted by atomic mass is 32.2. The molecule has 1 fully saturated rings. The smallest absolute Gasteiger partial charge is 0.325 e. The van der Waals surface area contributed by atoms with E-state index in [0.717, 1.165) is 29.7 Å². The van der Waals surface area contributed by atoms with Crippen LogP contribution in [0.4, 0.5) is 5.69 Å². The minimum Gasteiger partial charge on any atom is -0.325 e. The zero-order valence-electron chi connectivity index (χ0n) is 17.3. The van der Waals surface area contributed by atoms with E-state index in [1.807, 2.05) is 55.1 Å². The molecule has 30 heavy (non-hydrogen) atoms. The van der Waals surface area contributed by atoms with Gasteiger partial charge in [0.2, 0.25) is 5.91 Å². The third-order valence-electron chi connectivity index (χ3n) is 5.60. The maximum absolute atomic E-state index is 12.7. The lowest BCUT2D eigenvalue weighted by Crippen LogP contribution is -2.34. The summed E-state index contributed by atoms with van der Waals surface area (Å²) in [5, 5.41) is 2.92. The third-order valence-corrected chi connectivity index (χ3v) is 6.54. The normalized spacial score (nSPS) is 14.8. The summed E-state index contributed by atoms with van der Waals surface area (Å²) in [5.74, 6) is 2.25. The van der Waals surface area contributed by atoms with Gasteiger partial charge in [-0.05, 0) is 43.2 Å². The first-order valence-electron chi connectivity index (χ1n) is 10.5. The summed E-state index contributed by atoms with van der Waals surface area (Å²) in [6.07, 6.45) is 1.02. The molecule has 2 aromatic carbocycles. The molecule has 0 spiro atoms. The summed E-state index contributed by atoms with van der Waals surface area (Å²) in [6, 6.07) is 15.6. The first-order chi connectivity index (χ1) is 14.7. The van der Waals surface area contributed by atoms with Gasteiger partial charge in [0.15, 0.2) is 0 Å². The summed E-state index contributed by atoms with van der Waals surface area (Å²) in [5.41, 5.74) is 3.51. The Morgan fingerprint density at radius 3 is 2.33 bits per heavy atom. The van der Waals surface area contributed by atoms with Gasteiger partial charge in [0.05, 0.1) is 11.0 Å². The minimum atomic E-state index is -0.199. The number of anilines is 1. The second kappa shape index (κ2) is 9.53. The van der Waals surface area contributed by atoms with Crippen LogP contribution in [0.25, 0.3) is 11.0 Å². The summed E-state index contributed by atoms with van der Waals surface area (Å²) in [7, 11) is 0. The van der Waals surface area contributed by atoms with Gasteiger partial charge < -0.3 is 10.2 Å². The third kappa shape index (κ3) is 4.63. The van der Waals surface area contributed by atoms with E-state index >= 15 is 0 Å². The molecule has 0 bridgehead atoms. The van der Waals surface area contributed by atoms with E-state index in [9.17, 15) is 9.59 Å². The van der Waals surface area contributed by atoms with Crippen molar-refractivity contribution in [2.45, 2.75) is 26.4 Å². The van der Waals surface area contributed by atoms with Crippen LogP contribution < -0.4 is 11.0 Å². The number of hydrogen-bond donors (Lipinski definition) is 1. The molecule has 1 aliphatic heterocycles. The van der Waals surface area contributed by atoms with E-state index in [1.165, 1.54) is 30.2 Å². The van der Waals surface area contributed by atoms with E-state index in [1.54, 1.807) is 9.13 Å². The van der Waals surface area contributed by atoms with E-state index in [2.05, 4.69) is 22.3 Å². The Balaban J connectivity index is 1.38. The molecule has 4 rings (SSSR count). The molecular formula is C23H28N4O2S. The molecule has 0 unspecified atom stereocenters. The Hall–Kier alpha value is -2.51. The van der Waals surface area contributed by atoms with Gasteiger partial charge in [0.25, 0.3) is 0 Å². The number of carbonyl (C=O) groups excluding carboxylic acids is 1. The van der Waals surface area contributed by atoms with Gasteiger partial charge in [-0.3, -0.25) is 13.9 Å². The van der Waals surface area contributed by atoms with E-state index in [4.69, 9.17) is 0 Å². The summed E-state index contributed by atoms with van der Waals surface area (Å²) in [4.78, 5) is 27.8. The van der Waals surface area contributed by atoms with Gasteiger partial charge in [0.1, 0.15) is 6.54 Å². The second-order valence-corrected chi connectivity index (χ2v) is 8.78. The molecule has 0 aliphatic carbocycles. The average Bonchev–Trinajstić information content (AvgIpc) is 3.04. The first-order valence-corrected chi connectivity index (χ1v) is 11.7. The minimum absolute atomic E-state index is 0.00106. The van der Waals surface area contributed by atoms with Crippen molar-refractivity contribution in [2.24, 2.45) is 0 Å². The standard InChI is InChI=1S/C23H28N4O2S/c1-2-26-20-5-3-4-6-21(20)27(23(26)29)17-22(28)24-19-9-7-18(8-10-19)11-12-25-13-15-30-16-14-25/h3-10H,2,11-17H2,1H3,(H,24,28). The molecule has 7 heteroatoms. The van der Waals surface area contributed by atoms with Crippen LogP contribution in [0.2, 0.25) is 0 Å². The number of aryl methyl sites for hydroxylation is 1. The number of hydrogen-bond acceptors (Lipinski definition) is 4. The largest absolute Gasteiger partial charge is 0.329 e. The van der Waals surface area contributed by atoms with Crippen molar-refractivity contribution in [1.29, 1.82) is 0 Å². The molecule has 3 aromatic rings. The number of imidazole rings is 1. The molecule has 0 radical (unpaired) electrons. The molecule has 1 amide bonds. The molecule has 158 valence electrons. The predicted molar refractivity (Wildman–Crippen MR) is 124 cm³/mol. The lowest BCUT2D eigenvalue weighted by molar-refractivity contribution is -0.116. The van der Waals surface area contributed by atoms with Crippen molar-refractivity contribution in [2.75, 3.05) is 36.5 Å². The highest BCUT2D eigenvalue weighted by molar-refractivity contribution is 7.99. The number of nitrogens with zero attached hydrogens (tertiary/aromatic N) is 3. The van der Waals surface area contributed by atoms with Gasteiger partial charge in [0, 0.05) is 43.4 Å². The van der Waals surface area contributed by atoms with Crippen LogP contribution in [-0.2, 0) is 24.3 Å². The summed E-state index contributed by atoms with van der Waals surface area (Å²) in [6.45, 7) is 5.94. The van der Waals surface area contributed by atoms with Crippen LogP contribution in [0.5, 0.6) is 0 Å². The molecule has 1 saturated heterocycles. The number of aromatic nitrogens is 2. The van der Waals surface area contributed by atoms with Crippen molar-refractivity contribution in [3.8, 4) is 0 Å². The Bertz CT molecular complexity index is 1060. The van der Waals surface area contributed by atoms with Crippen LogP contribution in [0.1, 0.15) is 12.5 Å². The number of carbonyl (C=O) groups is 1. The van der Waals surface area contributed by atoms with E-state index in [0.29, 0.717) is 6.54 Å². The lowest BCUT2D eigenvalue weighted by Gasteiger charge is -2.26.